The second-order valence-corrected chi connectivity index (χ2v) is 5.52. The van der Waals surface area contributed by atoms with Crippen LogP contribution < -0.4 is 0 Å². The molecule has 1 heterocycles. The van der Waals surface area contributed by atoms with Crippen LogP contribution in [0.15, 0.2) is 28.5 Å². The lowest BCUT2D eigenvalue weighted by molar-refractivity contribution is 0.0600. The van der Waals surface area contributed by atoms with Crippen LogP contribution in [0.25, 0.3) is 0 Å². The Kier molecular flexibility index (Phi) is 5.12. The van der Waals surface area contributed by atoms with E-state index in [4.69, 9.17) is 0 Å². The van der Waals surface area contributed by atoms with Crippen molar-refractivity contribution in [2.45, 2.75) is 19.3 Å². The van der Waals surface area contributed by atoms with Crippen molar-refractivity contribution in [3.63, 3.8) is 0 Å². The third kappa shape index (κ3) is 3.89. The fourth-order valence-corrected chi connectivity index (χ4v) is 2.53. The van der Waals surface area contributed by atoms with Gasteiger partial charge in [-0.15, -0.1) is 5.11 Å². The number of nitrogens with zero attached hydrogens (tertiary/aromatic N) is 3. The molecule has 0 aromatic heterocycles. The summed E-state index contributed by atoms with van der Waals surface area (Å²) in [5.41, 5.74) is 1.31. The molecule has 2 rings (SSSR count). The number of rotatable bonds is 3. The molecule has 0 spiro atoms. The molecule has 0 atom stereocenters. The molecular weight excluding hydrogens is 357 g/mol. The van der Waals surface area contributed by atoms with Crippen molar-refractivity contribution in [2.24, 2.45) is 10.3 Å². The first-order valence-electron chi connectivity index (χ1n) is 6.25. The minimum atomic E-state index is -0.336. The Morgan fingerprint density at radius 1 is 1.32 bits per heavy atom. The molecule has 5 nitrogen and oxygen atoms in total. The Hall–Kier alpha value is -1.18. The summed E-state index contributed by atoms with van der Waals surface area (Å²) in [5.74, 6) is -0.336. The molecule has 1 aliphatic rings. The molecule has 0 radical (unpaired) electrons. The number of methoxy groups -OCH3 is 1. The molecule has 0 bridgehead atoms. The van der Waals surface area contributed by atoms with Crippen LogP contribution in [0.2, 0.25) is 0 Å². The Balaban J connectivity index is 2.08. The van der Waals surface area contributed by atoms with Gasteiger partial charge in [-0.05, 0) is 60.1 Å². The number of carbonyl (C=O) groups excluding carboxylic acids is 1. The van der Waals surface area contributed by atoms with Gasteiger partial charge in [0.2, 0.25) is 0 Å². The number of hydrogen-bond donors (Lipinski definition) is 0. The van der Waals surface area contributed by atoms with E-state index in [9.17, 15) is 4.79 Å². The number of ether oxygens (including phenoxy) is 1. The summed E-state index contributed by atoms with van der Waals surface area (Å²) in [7, 11) is 1.37. The van der Waals surface area contributed by atoms with E-state index >= 15 is 0 Å². The first-order chi connectivity index (χ1) is 9.20. The zero-order valence-electron chi connectivity index (χ0n) is 10.8. The van der Waals surface area contributed by atoms with Gasteiger partial charge in [0.05, 0.1) is 12.7 Å². The highest BCUT2D eigenvalue weighted by Crippen LogP contribution is 2.24. The summed E-state index contributed by atoms with van der Waals surface area (Å²) in [6, 6.07) is 5.26. The van der Waals surface area contributed by atoms with Crippen molar-refractivity contribution in [2.75, 3.05) is 20.2 Å². The molecule has 1 fully saturated rings. The molecule has 1 aliphatic heterocycles. The summed E-state index contributed by atoms with van der Waals surface area (Å²) >= 11 is 2.15. The maximum absolute atomic E-state index is 11.4. The smallest absolute Gasteiger partial charge is 0.337 e. The van der Waals surface area contributed by atoms with E-state index in [0.717, 1.165) is 22.3 Å². The predicted octanol–water partition coefficient (Wildman–Crippen LogP) is 3.56. The molecule has 0 saturated carbocycles. The Morgan fingerprint density at radius 2 is 2.05 bits per heavy atom. The molecule has 1 saturated heterocycles. The van der Waals surface area contributed by atoms with E-state index in [0.29, 0.717) is 5.56 Å². The lowest BCUT2D eigenvalue weighted by atomic mass is 10.2. The van der Waals surface area contributed by atoms with Crippen LogP contribution in [-0.4, -0.2) is 31.2 Å². The Bertz CT molecular complexity index is 485. The lowest BCUT2D eigenvalue weighted by Gasteiger charge is -2.21. The first kappa shape index (κ1) is 14.2. The van der Waals surface area contributed by atoms with Crippen LogP contribution >= 0.6 is 22.6 Å². The number of halogens is 1. The van der Waals surface area contributed by atoms with Crippen LogP contribution in [0.5, 0.6) is 0 Å². The SMILES string of the molecule is COC(=O)c1ccc(/N=N/N2CCCCC2)c(I)c1. The zero-order valence-corrected chi connectivity index (χ0v) is 13.0. The van der Waals surface area contributed by atoms with Gasteiger partial charge < -0.3 is 4.74 Å². The van der Waals surface area contributed by atoms with E-state index in [1.165, 1.54) is 26.4 Å². The third-order valence-electron chi connectivity index (χ3n) is 2.98. The minimum Gasteiger partial charge on any atom is -0.465 e. The van der Waals surface area contributed by atoms with Crippen LogP contribution in [0.3, 0.4) is 0 Å². The van der Waals surface area contributed by atoms with Gasteiger partial charge in [0.1, 0.15) is 5.69 Å². The second-order valence-electron chi connectivity index (χ2n) is 4.36. The molecular formula is C13H16IN3O2. The van der Waals surface area contributed by atoms with E-state index in [1.54, 1.807) is 18.2 Å². The van der Waals surface area contributed by atoms with Crippen LogP contribution in [0, 0.1) is 3.57 Å². The highest BCUT2D eigenvalue weighted by molar-refractivity contribution is 14.1. The molecule has 0 unspecified atom stereocenters. The highest BCUT2D eigenvalue weighted by atomic mass is 127. The summed E-state index contributed by atoms with van der Waals surface area (Å²) in [5, 5.41) is 10.5. The van der Waals surface area contributed by atoms with Crippen LogP contribution in [0.1, 0.15) is 29.6 Å². The molecule has 19 heavy (non-hydrogen) atoms. The van der Waals surface area contributed by atoms with Gasteiger partial charge >= 0.3 is 5.97 Å². The van der Waals surface area contributed by atoms with Crippen LogP contribution in [0.4, 0.5) is 5.69 Å². The Morgan fingerprint density at radius 3 is 2.68 bits per heavy atom. The quantitative estimate of drug-likeness (QED) is 0.463. The third-order valence-corrected chi connectivity index (χ3v) is 3.84. The van der Waals surface area contributed by atoms with E-state index < -0.39 is 0 Å². The Labute approximate surface area is 126 Å². The van der Waals surface area contributed by atoms with Crippen molar-refractivity contribution in [1.82, 2.24) is 5.01 Å². The number of esters is 1. The van der Waals surface area contributed by atoms with Crippen molar-refractivity contribution >= 4 is 34.2 Å². The average molecular weight is 373 g/mol. The average Bonchev–Trinajstić information content (AvgIpc) is 2.46. The topological polar surface area (TPSA) is 54.3 Å². The maximum atomic E-state index is 11.4. The van der Waals surface area contributed by atoms with Crippen LogP contribution in [-0.2, 0) is 4.74 Å². The van der Waals surface area contributed by atoms with E-state index in [1.807, 2.05) is 5.01 Å². The van der Waals surface area contributed by atoms with Gasteiger partial charge in [-0.2, -0.15) is 0 Å². The standard InChI is InChI=1S/C13H16IN3O2/c1-19-13(18)10-5-6-12(11(14)9-10)15-16-17-7-3-2-4-8-17/h5-6,9H,2-4,7-8H2,1H3/b16-15+. The zero-order chi connectivity index (χ0) is 13.7. The van der Waals surface area contributed by atoms with Gasteiger partial charge in [0.25, 0.3) is 0 Å². The van der Waals surface area contributed by atoms with E-state index in [2.05, 4.69) is 37.7 Å². The van der Waals surface area contributed by atoms with Crippen molar-refractivity contribution in [3.8, 4) is 0 Å². The van der Waals surface area contributed by atoms with E-state index in [-0.39, 0.29) is 5.97 Å². The molecule has 0 aliphatic carbocycles. The van der Waals surface area contributed by atoms with Gasteiger partial charge in [0, 0.05) is 16.7 Å². The fourth-order valence-electron chi connectivity index (χ4n) is 1.91. The summed E-state index contributed by atoms with van der Waals surface area (Å²) in [6.07, 6.45) is 3.63. The highest BCUT2D eigenvalue weighted by Gasteiger charge is 2.10. The molecule has 0 N–H and O–H groups in total. The fraction of sp³-hybridized carbons (Fsp3) is 0.462. The monoisotopic (exact) mass is 373 g/mol. The largest absolute Gasteiger partial charge is 0.465 e. The summed E-state index contributed by atoms with van der Waals surface area (Å²) in [4.78, 5) is 11.4. The number of benzene rings is 1. The maximum Gasteiger partial charge on any atom is 0.337 e. The van der Waals surface area contributed by atoms with Gasteiger partial charge in [-0.1, -0.05) is 5.22 Å². The number of piperidine rings is 1. The summed E-state index contributed by atoms with van der Waals surface area (Å²) in [6.45, 7) is 1.95. The van der Waals surface area contributed by atoms with Gasteiger partial charge in [-0.3, -0.25) is 5.01 Å². The first-order valence-corrected chi connectivity index (χ1v) is 7.33. The molecule has 0 amide bonds. The molecule has 6 heteroatoms. The molecule has 1 aromatic carbocycles. The number of carbonyl (C=O) groups is 1. The van der Waals surface area contributed by atoms with Crippen molar-refractivity contribution < 1.29 is 9.53 Å². The van der Waals surface area contributed by atoms with Crippen molar-refractivity contribution in [1.29, 1.82) is 0 Å². The normalized spacial score (nSPS) is 15.8. The molecule has 1 aromatic rings. The molecule has 102 valence electrons. The minimum absolute atomic E-state index is 0.336. The van der Waals surface area contributed by atoms with Crippen molar-refractivity contribution in [3.05, 3.63) is 27.3 Å². The predicted molar refractivity (Wildman–Crippen MR) is 80.4 cm³/mol. The number of hydrogen-bond acceptors (Lipinski definition) is 4. The van der Waals surface area contributed by atoms with Gasteiger partial charge in [-0.25, -0.2) is 4.79 Å². The lowest BCUT2D eigenvalue weighted by Crippen LogP contribution is -2.23. The van der Waals surface area contributed by atoms with Gasteiger partial charge in [0.15, 0.2) is 0 Å². The second kappa shape index (κ2) is 6.83. The summed E-state index contributed by atoms with van der Waals surface area (Å²) < 4.78 is 5.57.